The minimum absolute atomic E-state index is 0.0674. The molecule has 11 heteroatoms. The van der Waals surface area contributed by atoms with Crippen molar-refractivity contribution in [2.45, 2.75) is 44.7 Å². The number of nitrogens with one attached hydrogen (secondary N) is 2. The quantitative estimate of drug-likeness (QED) is 0.523. The monoisotopic (exact) mass is 445 g/mol. The third-order valence-corrected chi connectivity index (χ3v) is 6.00. The average Bonchev–Trinajstić information content (AvgIpc) is 3.11. The molecule has 164 valence electrons. The van der Waals surface area contributed by atoms with Crippen molar-refractivity contribution in [1.82, 2.24) is 19.9 Å². The highest BCUT2D eigenvalue weighted by Crippen LogP contribution is 2.42. The number of fused-ring (bicyclic) bond motifs is 2. The zero-order chi connectivity index (χ0) is 22.3. The van der Waals surface area contributed by atoms with Gasteiger partial charge < -0.3 is 19.8 Å². The van der Waals surface area contributed by atoms with E-state index in [0.29, 0.717) is 17.3 Å². The van der Waals surface area contributed by atoms with Crippen LogP contribution < -0.4 is 5.32 Å². The molecule has 0 bridgehead atoms. The zero-order valence-corrected chi connectivity index (χ0v) is 18.4. The number of pyridine rings is 1. The van der Waals surface area contributed by atoms with Gasteiger partial charge in [0.05, 0.1) is 17.2 Å². The Morgan fingerprint density at radius 2 is 2.16 bits per heavy atom. The lowest BCUT2D eigenvalue weighted by molar-refractivity contribution is -0.157. The van der Waals surface area contributed by atoms with E-state index in [2.05, 4.69) is 20.3 Å². The summed E-state index contributed by atoms with van der Waals surface area (Å²) >= 11 is 1.48. The summed E-state index contributed by atoms with van der Waals surface area (Å²) < 4.78 is 10.6. The number of nitrogens with zero attached hydrogens (tertiary/aromatic N) is 3. The van der Waals surface area contributed by atoms with Crippen LogP contribution in [0, 0.1) is 0 Å². The van der Waals surface area contributed by atoms with Crippen molar-refractivity contribution in [1.29, 1.82) is 0 Å². The summed E-state index contributed by atoms with van der Waals surface area (Å²) in [6, 6.07) is 1.21. The predicted molar refractivity (Wildman–Crippen MR) is 114 cm³/mol. The number of hydrogen-bond donors (Lipinski definition) is 2. The fourth-order valence-electron chi connectivity index (χ4n) is 3.37. The van der Waals surface area contributed by atoms with Gasteiger partial charge in [-0.2, -0.15) is 0 Å². The highest BCUT2D eigenvalue weighted by molar-refractivity contribution is 8.00. The van der Waals surface area contributed by atoms with E-state index in [0.717, 1.165) is 11.0 Å². The van der Waals surface area contributed by atoms with Crippen LogP contribution >= 0.6 is 11.8 Å². The predicted octanol–water partition coefficient (Wildman–Crippen LogP) is 1.81. The summed E-state index contributed by atoms with van der Waals surface area (Å²) in [6.07, 6.45) is 3.30. The first-order valence-electron chi connectivity index (χ1n) is 9.74. The summed E-state index contributed by atoms with van der Waals surface area (Å²) in [5, 5.41) is 2.81. The van der Waals surface area contributed by atoms with Gasteiger partial charge in [-0.05, 0) is 26.8 Å². The molecule has 31 heavy (non-hydrogen) atoms. The van der Waals surface area contributed by atoms with E-state index in [-0.39, 0.29) is 23.6 Å². The first-order valence-corrected chi connectivity index (χ1v) is 10.8. The lowest BCUT2D eigenvalue weighted by Gasteiger charge is -2.49. The molecule has 2 N–H and O–H groups in total. The third kappa shape index (κ3) is 4.22. The first kappa shape index (κ1) is 21.2. The number of H-pyrrole nitrogens is 1. The molecule has 4 heterocycles. The summed E-state index contributed by atoms with van der Waals surface area (Å²) in [6.45, 7) is 6.49. The lowest BCUT2D eigenvalue weighted by atomic mass is 10.0. The van der Waals surface area contributed by atoms with Crippen LogP contribution in [0.1, 0.15) is 27.7 Å². The first-order chi connectivity index (χ1) is 14.6. The molecule has 2 atom stereocenters. The molecular weight excluding hydrogens is 422 g/mol. The van der Waals surface area contributed by atoms with Crippen molar-refractivity contribution in [3.63, 3.8) is 0 Å². The summed E-state index contributed by atoms with van der Waals surface area (Å²) in [7, 11) is 0. The second kappa shape index (κ2) is 7.88. The molecule has 2 aliphatic heterocycles. The fourth-order valence-corrected chi connectivity index (χ4v) is 4.70. The van der Waals surface area contributed by atoms with E-state index in [1.165, 1.54) is 23.6 Å². The van der Waals surface area contributed by atoms with Gasteiger partial charge in [-0.1, -0.05) is 0 Å². The van der Waals surface area contributed by atoms with Crippen molar-refractivity contribution < 1.29 is 23.9 Å². The second-order valence-electron chi connectivity index (χ2n) is 8.24. The molecule has 2 aromatic heterocycles. The number of anilines is 1. The van der Waals surface area contributed by atoms with E-state index in [1.807, 2.05) is 0 Å². The molecule has 1 amide bonds. The van der Waals surface area contributed by atoms with Gasteiger partial charge in [0, 0.05) is 24.4 Å². The van der Waals surface area contributed by atoms with Crippen molar-refractivity contribution in [2.24, 2.45) is 0 Å². The Morgan fingerprint density at radius 3 is 2.84 bits per heavy atom. The van der Waals surface area contributed by atoms with Crippen molar-refractivity contribution in [3.8, 4) is 0 Å². The lowest BCUT2D eigenvalue weighted by Crippen LogP contribution is -2.68. The van der Waals surface area contributed by atoms with Crippen molar-refractivity contribution in [2.75, 3.05) is 17.7 Å². The van der Waals surface area contributed by atoms with E-state index in [9.17, 15) is 14.4 Å². The van der Waals surface area contributed by atoms with Gasteiger partial charge in [0.25, 0.3) is 5.91 Å². The number of carbonyl (C=O) groups is 3. The number of aromatic nitrogens is 3. The normalized spacial score (nSPS) is 20.9. The second-order valence-corrected chi connectivity index (χ2v) is 9.35. The molecule has 4 rings (SSSR count). The number of rotatable bonds is 5. The van der Waals surface area contributed by atoms with Gasteiger partial charge in [-0.3, -0.25) is 19.5 Å². The molecule has 2 aliphatic rings. The van der Waals surface area contributed by atoms with Crippen LogP contribution in [0.15, 0.2) is 29.7 Å². The Hall–Kier alpha value is -3.08. The highest BCUT2D eigenvalue weighted by atomic mass is 32.2. The minimum atomic E-state index is -0.732. The van der Waals surface area contributed by atoms with Crippen LogP contribution in [0.25, 0.3) is 11.0 Å². The maximum absolute atomic E-state index is 13.0. The van der Waals surface area contributed by atoms with Crippen LogP contribution in [0.4, 0.5) is 5.95 Å². The highest BCUT2D eigenvalue weighted by Gasteiger charge is 2.54. The standard InChI is InChI=1S/C20H23N5O5S/c1-10(26)29-8-11-9-31-17-14(24-19-22-12-5-6-21-7-13(12)23-19)16(27)25(17)15(11)18(28)30-20(2,3)4/h5-7,14,17H,8-9H2,1-4H3,(H2,22,23,24)/t14-,17-/m1/s1. The van der Waals surface area contributed by atoms with Gasteiger partial charge in [0.1, 0.15) is 29.3 Å². The van der Waals surface area contributed by atoms with E-state index in [4.69, 9.17) is 9.47 Å². The van der Waals surface area contributed by atoms with Crippen LogP contribution in [0.5, 0.6) is 0 Å². The Bertz CT molecular complexity index is 1060. The number of esters is 2. The molecule has 0 spiro atoms. The molecule has 0 saturated carbocycles. The van der Waals surface area contributed by atoms with Crippen LogP contribution in [0.3, 0.4) is 0 Å². The Morgan fingerprint density at radius 1 is 1.39 bits per heavy atom. The summed E-state index contributed by atoms with van der Waals surface area (Å²) in [4.78, 5) is 50.2. The Labute approximate surface area is 182 Å². The van der Waals surface area contributed by atoms with Crippen LogP contribution in [0.2, 0.25) is 0 Å². The molecule has 0 aromatic carbocycles. The molecule has 2 aromatic rings. The summed E-state index contributed by atoms with van der Waals surface area (Å²) in [5.74, 6) is -0.468. The van der Waals surface area contributed by atoms with E-state index < -0.39 is 23.6 Å². The van der Waals surface area contributed by atoms with Gasteiger partial charge in [0.2, 0.25) is 5.95 Å². The minimum Gasteiger partial charge on any atom is -0.461 e. The largest absolute Gasteiger partial charge is 0.461 e. The van der Waals surface area contributed by atoms with Gasteiger partial charge in [0.15, 0.2) is 0 Å². The molecule has 1 fully saturated rings. The number of thioether (sulfide) groups is 1. The van der Waals surface area contributed by atoms with Crippen molar-refractivity contribution in [3.05, 3.63) is 29.7 Å². The fraction of sp³-hybridized carbons (Fsp3) is 0.450. The number of carbonyl (C=O) groups excluding carboxylic acids is 3. The smallest absolute Gasteiger partial charge is 0.355 e. The number of amides is 1. The molecule has 0 aliphatic carbocycles. The van der Waals surface area contributed by atoms with Crippen molar-refractivity contribution >= 4 is 46.6 Å². The molecule has 10 nitrogen and oxygen atoms in total. The maximum atomic E-state index is 13.0. The number of ether oxygens (including phenoxy) is 2. The number of imidazole rings is 1. The number of β-lactam (4-membered cyclic amide) rings is 1. The van der Waals surface area contributed by atoms with E-state index >= 15 is 0 Å². The topological polar surface area (TPSA) is 127 Å². The SMILES string of the molecule is CC(=O)OCC1=C(C(=O)OC(C)(C)C)N2C(=O)[C@@H](Nc3nc4ccncc4[nH]3)[C@H]2SC1. The van der Waals surface area contributed by atoms with Crippen LogP contribution in [-0.2, 0) is 23.9 Å². The van der Waals surface area contributed by atoms with Crippen LogP contribution in [-0.4, -0.2) is 67.1 Å². The maximum Gasteiger partial charge on any atom is 0.355 e. The average molecular weight is 446 g/mol. The van der Waals surface area contributed by atoms with Gasteiger partial charge in [-0.25, -0.2) is 9.78 Å². The van der Waals surface area contributed by atoms with Gasteiger partial charge >= 0.3 is 11.9 Å². The Kier molecular flexibility index (Phi) is 5.38. The molecule has 1 saturated heterocycles. The molecule has 0 unspecified atom stereocenters. The molecular formula is C20H23N5O5S. The number of aromatic amines is 1. The molecule has 0 radical (unpaired) electrons. The van der Waals surface area contributed by atoms with Gasteiger partial charge in [-0.15, -0.1) is 11.8 Å². The zero-order valence-electron chi connectivity index (χ0n) is 17.6. The Balaban J connectivity index is 1.57. The third-order valence-electron chi connectivity index (χ3n) is 4.66. The van der Waals surface area contributed by atoms with E-state index in [1.54, 1.807) is 39.2 Å². The number of hydrogen-bond acceptors (Lipinski definition) is 9. The summed E-state index contributed by atoms with van der Waals surface area (Å²) in [5.41, 5.74) is 1.45.